The molecule has 1 aliphatic heterocycles. The van der Waals surface area contributed by atoms with Gasteiger partial charge in [0.2, 0.25) is 5.91 Å². The molecule has 4 nitrogen and oxygen atoms in total. The van der Waals surface area contributed by atoms with Gasteiger partial charge in [0, 0.05) is 49.2 Å². The number of hydrogen-bond donors (Lipinski definition) is 1. The van der Waals surface area contributed by atoms with Crippen molar-refractivity contribution in [3.63, 3.8) is 0 Å². The number of benzene rings is 1. The fraction of sp³-hybridized carbons (Fsp3) is 0.500. The van der Waals surface area contributed by atoms with Gasteiger partial charge >= 0.3 is 0 Å². The third-order valence-corrected chi connectivity index (χ3v) is 6.06. The number of thiophene rings is 1. The zero-order chi connectivity index (χ0) is 19.2. The molecule has 0 radical (unpaired) electrons. The second-order valence-corrected chi connectivity index (χ2v) is 8.75. The Morgan fingerprint density at radius 3 is 2.33 bits per heavy atom. The standard InChI is InChI=1S/C22H31N3OS/c1-17(2)16-21(26)23-18(3)22(20-10-7-15-27-20)25-13-11-24(12-14-25)19-8-5-4-6-9-19/h4-10,15,17-18,22H,11-14,16H2,1-3H3,(H,23,26)/t18-,22-/m1/s1. The van der Waals surface area contributed by atoms with Crippen LogP contribution in [0.5, 0.6) is 0 Å². The molecule has 3 rings (SSSR count). The van der Waals surface area contributed by atoms with Crippen LogP contribution in [0.4, 0.5) is 5.69 Å². The molecule has 0 spiro atoms. The van der Waals surface area contributed by atoms with Gasteiger partial charge in [-0.05, 0) is 36.4 Å². The molecule has 1 N–H and O–H groups in total. The van der Waals surface area contributed by atoms with E-state index in [2.05, 4.69) is 83.7 Å². The summed E-state index contributed by atoms with van der Waals surface area (Å²) in [4.78, 5) is 18.6. The van der Waals surface area contributed by atoms with Crippen LogP contribution in [0.3, 0.4) is 0 Å². The van der Waals surface area contributed by atoms with Gasteiger partial charge in [-0.15, -0.1) is 11.3 Å². The molecule has 2 heterocycles. The number of piperazine rings is 1. The number of hydrogen-bond acceptors (Lipinski definition) is 4. The first-order valence-electron chi connectivity index (χ1n) is 9.91. The molecule has 0 unspecified atom stereocenters. The predicted molar refractivity (Wildman–Crippen MR) is 114 cm³/mol. The molecule has 146 valence electrons. The average molecular weight is 386 g/mol. The summed E-state index contributed by atoms with van der Waals surface area (Å²) in [6, 6.07) is 15.3. The molecule has 1 aromatic heterocycles. The Bertz CT molecular complexity index is 694. The first-order chi connectivity index (χ1) is 13.0. The topological polar surface area (TPSA) is 35.6 Å². The third-order valence-electron chi connectivity index (χ3n) is 5.12. The van der Waals surface area contributed by atoms with Crippen LogP contribution < -0.4 is 10.2 Å². The quantitative estimate of drug-likeness (QED) is 0.777. The first-order valence-corrected chi connectivity index (χ1v) is 10.8. The maximum absolute atomic E-state index is 12.3. The lowest BCUT2D eigenvalue weighted by atomic mass is 10.0. The van der Waals surface area contributed by atoms with Gasteiger partial charge in [-0.25, -0.2) is 0 Å². The lowest BCUT2D eigenvalue weighted by Gasteiger charge is -2.42. The molecular weight excluding hydrogens is 354 g/mol. The largest absolute Gasteiger partial charge is 0.369 e. The molecule has 27 heavy (non-hydrogen) atoms. The maximum Gasteiger partial charge on any atom is 0.220 e. The smallest absolute Gasteiger partial charge is 0.220 e. The highest BCUT2D eigenvalue weighted by molar-refractivity contribution is 7.10. The zero-order valence-electron chi connectivity index (χ0n) is 16.6. The van der Waals surface area contributed by atoms with E-state index < -0.39 is 0 Å². The number of nitrogens with zero attached hydrogens (tertiary/aromatic N) is 2. The van der Waals surface area contributed by atoms with Crippen LogP contribution in [0, 0.1) is 5.92 Å². The number of nitrogens with one attached hydrogen (secondary N) is 1. The monoisotopic (exact) mass is 385 g/mol. The Morgan fingerprint density at radius 1 is 1.04 bits per heavy atom. The van der Waals surface area contributed by atoms with Gasteiger partial charge < -0.3 is 10.2 Å². The minimum absolute atomic E-state index is 0.0955. The van der Waals surface area contributed by atoms with Crippen LogP contribution in [-0.2, 0) is 4.79 Å². The summed E-state index contributed by atoms with van der Waals surface area (Å²) in [5.41, 5.74) is 1.29. The third kappa shape index (κ3) is 5.33. The lowest BCUT2D eigenvalue weighted by molar-refractivity contribution is -0.122. The number of para-hydroxylation sites is 1. The van der Waals surface area contributed by atoms with E-state index in [1.54, 1.807) is 11.3 Å². The fourth-order valence-corrected chi connectivity index (χ4v) is 4.83. The Balaban J connectivity index is 1.67. The highest BCUT2D eigenvalue weighted by Crippen LogP contribution is 2.30. The summed E-state index contributed by atoms with van der Waals surface area (Å²) in [5.74, 6) is 0.536. The Morgan fingerprint density at radius 2 is 1.74 bits per heavy atom. The van der Waals surface area contributed by atoms with Crippen molar-refractivity contribution in [3.05, 3.63) is 52.7 Å². The highest BCUT2D eigenvalue weighted by atomic mass is 32.1. The fourth-order valence-electron chi connectivity index (χ4n) is 3.86. The molecule has 1 amide bonds. The van der Waals surface area contributed by atoms with Crippen molar-refractivity contribution < 1.29 is 4.79 Å². The molecule has 1 fully saturated rings. The lowest BCUT2D eigenvalue weighted by Crippen LogP contribution is -2.52. The van der Waals surface area contributed by atoms with E-state index in [4.69, 9.17) is 0 Å². The van der Waals surface area contributed by atoms with Gasteiger partial charge in [-0.2, -0.15) is 0 Å². The van der Waals surface area contributed by atoms with E-state index >= 15 is 0 Å². The van der Waals surface area contributed by atoms with E-state index in [0.717, 1.165) is 26.2 Å². The predicted octanol–water partition coefficient (Wildman–Crippen LogP) is 4.16. The Labute approximate surface area is 167 Å². The molecular formula is C22H31N3OS. The van der Waals surface area contributed by atoms with Crippen molar-refractivity contribution in [1.29, 1.82) is 0 Å². The van der Waals surface area contributed by atoms with E-state index in [1.165, 1.54) is 10.6 Å². The van der Waals surface area contributed by atoms with Gasteiger partial charge in [-0.1, -0.05) is 38.1 Å². The van der Waals surface area contributed by atoms with Crippen LogP contribution in [-0.4, -0.2) is 43.0 Å². The molecule has 1 saturated heterocycles. The van der Waals surface area contributed by atoms with Crippen molar-refractivity contribution in [2.24, 2.45) is 5.92 Å². The number of carbonyl (C=O) groups is 1. The summed E-state index contributed by atoms with van der Waals surface area (Å²) < 4.78 is 0. The van der Waals surface area contributed by atoms with Crippen molar-refractivity contribution in [2.45, 2.75) is 39.3 Å². The summed E-state index contributed by atoms with van der Waals surface area (Å²) in [7, 11) is 0. The molecule has 0 aliphatic carbocycles. The minimum Gasteiger partial charge on any atom is -0.369 e. The van der Waals surface area contributed by atoms with Crippen LogP contribution in [0.2, 0.25) is 0 Å². The van der Waals surface area contributed by atoms with Crippen molar-refractivity contribution >= 4 is 22.9 Å². The highest BCUT2D eigenvalue weighted by Gasteiger charge is 2.30. The minimum atomic E-state index is 0.0955. The Hall–Kier alpha value is -1.85. The van der Waals surface area contributed by atoms with E-state index in [1.807, 2.05) is 0 Å². The molecule has 2 aromatic rings. The summed E-state index contributed by atoms with van der Waals surface area (Å²) >= 11 is 1.78. The van der Waals surface area contributed by atoms with Crippen molar-refractivity contribution in [2.75, 3.05) is 31.1 Å². The molecule has 0 saturated carbocycles. The molecule has 1 aliphatic rings. The van der Waals surface area contributed by atoms with Gasteiger partial charge in [0.1, 0.15) is 0 Å². The summed E-state index contributed by atoms with van der Waals surface area (Å²) in [6.45, 7) is 10.3. The molecule has 1 aromatic carbocycles. The Kier molecular flexibility index (Phi) is 6.91. The number of rotatable bonds is 7. The average Bonchev–Trinajstić information content (AvgIpc) is 3.16. The first kappa shape index (κ1) is 19.9. The number of anilines is 1. The van der Waals surface area contributed by atoms with E-state index in [-0.39, 0.29) is 18.0 Å². The number of amides is 1. The van der Waals surface area contributed by atoms with Gasteiger partial charge in [0.25, 0.3) is 0 Å². The van der Waals surface area contributed by atoms with Gasteiger partial charge in [0.05, 0.1) is 6.04 Å². The number of carbonyl (C=O) groups excluding carboxylic acids is 1. The summed E-state index contributed by atoms with van der Waals surface area (Å²) in [5, 5.41) is 5.38. The van der Waals surface area contributed by atoms with Crippen LogP contribution in [0.25, 0.3) is 0 Å². The van der Waals surface area contributed by atoms with Crippen LogP contribution >= 0.6 is 11.3 Å². The van der Waals surface area contributed by atoms with Crippen LogP contribution in [0.15, 0.2) is 47.8 Å². The maximum atomic E-state index is 12.3. The second-order valence-electron chi connectivity index (χ2n) is 7.77. The van der Waals surface area contributed by atoms with E-state index in [0.29, 0.717) is 12.3 Å². The normalized spacial score (nSPS) is 17.7. The second kappa shape index (κ2) is 9.38. The molecule has 2 atom stereocenters. The zero-order valence-corrected chi connectivity index (χ0v) is 17.4. The van der Waals surface area contributed by atoms with Crippen molar-refractivity contribution in [1.82, 2.24) is 10.2 Å². The van der Waals surface area contributed by atoms with Gasteiger partial charge in [0.15, 0.2) is 0 Å². The van der Waals surface area contributed by atoms with Crippen LogP contribution in [0.1, 0.15) is 38.1 Å². The molecule has 0 bridgehead atoms. The molecule has 5 heteroatoms. The van der Waals surface area contributed by atoms with Gasteiger partial charge in [-0.3, -0.25) is 9.69 Å². The van der Waals surface area contributed by atoms with E-state index in [9.17, 15) is 4.79 Å². The van der Waals surface area contributed by atoms with Crippen molar-refractivity contribution in [3.8, 4) is 0 Å². The SMILES string of the molecule is CC(C)CC(=O)N[C@H](C)[C@H](c1cccs1)N1CCN(c2ccccc2)CC1. The summed E-state index contributed by atoms with van der Waals surface area (Å²) in [6.07, 6.45) is 0.587.